The average molecular weight is 509 g/mol. The van der Waals surface area contributed by atoms with Gasteiger partial charge >= 0.3 is 11.7 Å². The van der Waals surface area contributed by atoms with Crippen molar-refractivity contribution in [2.75, 3.05) is 25.6 Å². The molecule has 186 valence electrons. The highest BCUT2D eigenvalue weighted by atomic mass is 32.1. The van der Waals surface area contributed by atoms with Gasteiger partial charge in [0.15, 0.2) is 4.80 Å². The molecule has 2 heterocycles. The van der Waals surface area contributed by atoms with Crippen molar-refractivity contribution in [1.29, 1.82) is 0 Å². The Balaban J connectivity index is 1.95. The van der Waals surface area contributed by atoms with Gasteiger partial charge in [-0.25, -0.2) is 9.79 Å². The molecule has 3 aromatic rings. The minimum absolute atomic E-state index is 0.127. The number of esters is 1. The van der Waals surface area contributed by atoms with Crippen molar-refractivity contribution < 1.29 is 19.6 Å². The predicted octanol–water partition coefficient (Wildman–Crippen LogP) is 2.48. The van der Waals surface area contributed by atoms with Crippen LogP contribution in [0, 0.1) is 10.1 Å². The fraction of sp³-hybridized carbons (Fsp3) is 0.240. The maximum atomic E-state index is 13.6. The summed E-state index contributed by atoms with van der Waals surface area (Å²) >= 11 is 1.07. The van der Waals surface area contributed by atoms with Crippen LogP contribution in [0.2, 0.25) is 0 Å². The number of phenols is 1. The molecule has 36 heavy (non-hydrogen) atoms. The summed E-state index contributed by atoms with van der Waals surface area (Å²) in [5.41, 5.74) is 1.56. The number of nitro benzene ring substituents is 1. The zero-order valence-electron chi connectivity index (χ0n) is 20.1. The molecule has 11 heteroatoms. The summed E-state index contributed by atoms with van der Waals surface area (Å²) in [7, 11) is 3.82. The Kier molecular flexibility index (Phi) is 6.75. The number of benzene rings is 2. The van der Waals surface area contributed by atoms with Gasteiger partial charge in [0, 0.05) is 31.4 Å². The monoisotopic (exact) mass is 508 g/mol. The number of hydrogen-bond acceptors (Lipinski definition) is 9. The number of carbonyl (C=O) groups is 1. The van der Waals surface area contributed by atoms with Crippen LogP contribution in [0.5, 0.6) is 5.75 Å². The number of hydrogen-bond donors (Lipinski definition) is 1. The van der Waals surface area contributed by atoms with E-state index < -0.39 is 33.9 Å². The molecule has 1 aromatic heterocycles. The number of aromatic hydroxyl groups is 1. The van der Waals surface area contributed by atoms with E-state index in [9.17, 15) is 24.8 Å². The fourth-order valence-corrected chi connectivity index (χ4v) is 5.05. The predicted molar refractivity (Wildman–Crippen MR) is 136 cm³/mol. The van der Waals surface area contributed by atoms with Crippen molar-refractivity contribution in [3.63, 3.8) is 0 Å². The number of nitrogens with zero attached hydrogens (tertiary/aromatic N) is 4. The number of allylic oxidation sites excluding steroid dienone is 1. The number of fused-ring (bicyclic) bond motifs is 1. The highest BCUT2D eigenvalue weighted by molar-refractivity contribution is 7.07. The number of carbonyl (C=O) groups excluding carboxylic acids is 1. The van der Waals surface area contributed by atoms with Crippen LogP contribution in [0.25, 0.3) is 6.08 Å². The van der Waals surface area contributed by atoms with Crippen LogP contribution in [0.1, 0.15) is 31.0 Å². The molecule has 0 saturated carbocycles. The maximum Gasteiger partial charge on any atom is 0.338 e. The van der Waals surface area contributed by atoms with E-state index in [1.54, 1.807) is 13.8 Å². The van der Waals surface area contributed by atoms with Crippen molar-refractivity contribution in [3.8, 4) is 5.75 Å². The second kappa shape index (κ2) is 9.78. The van der Waals surface area contributed by atoms with Gasteiger partial charge in [-0.15, -0.1) is 0 Å². The quantitative estimate of drug-likeness (QED) is 0.308. The molecule has 1 atom stereocenters. The number of rotatable bonds is 6. The minimum atomic E-state index is -0.780. The normalized spacial score (nSPS) is 15.3. The highest BCUT2D eigenvalue weighted by Gasteiger charge is 2.33. The van der Waals surface area contributed by atoms with Crippen LogP contribution in [-0.4, -0.2) is 41.3 Å². The second-order valence-electron chi connectivity index (χ2n) is 8.26. The van der Waals surface area contributed by atoms with Gasteiger partial charge in [0.25, 0.3) is 5.56 Å². The highest BCUT2D eigenvalue weighted by Crippen LogP contribution is 2.32. The fourth-order valence-electron chi connectivity index (χ4n) is 4.02. The molecule has 1 N–H and O–H groups in total. The van der Waals surface area contributed by atoms with Gasteiger partial charge < -0.3 is 14.7 Å². The zero-order valence-corrected chi connectivity index (χ0v) is 20.9. The van der Waals surface area contributed by atoms with Crippen molar-refractivity contribution in [1.82, 2.24) is 4.57 Å². The summed E-state index contributed by atoms with van der Waals surface area (Å²) in [5.74, 6) is -1.10. The first-order chi connectivity index (χ1) is 17.1. The number of aromatic nitrogens is 1. The number of nitro groups is 1. The molecule has 2 aromatic carbocycles. The Morgan fingerprint density at radius 3 is 2.58 bits per heavy atom. The first-order valence-electron chi connectivity index (χ1n) is 11.1. The van der Waals surface area contributed by atoms with Crippen molar-refractivity contribution >= 4 is 34.8 Å². The third-order valence-electron chi connectivity index (χ3n) is 5.77. The van der Waals surface area contributed by atoms with E-state index in [2.05, 4.69) is 4.99 Å². The number of para-hydroxylation sites is 1. The van der Waals surface area contributed by atoms with E-state index in [4.69, 9.17) is 4.74 Å². The molecule has 1 aliphatic heterocycles. The molecule has 0 bridgehead atoms. The van der Waals surface area contributed by atoms with Gasteiger partial charge in [-0.05, 0) is 37.6 Å². The van der Waals surface area contributed by atoms with Gasteiger partial charge in [0.05, 0.1) is 33.4 Å². The molecule has 0 spiro atoms. The maximum absolute atomic E-state index is 13.6. The van der Waals surface area contributed by atoms with Crippen molar-refractivity contribution in [2.24, 2.45) is 4.99 Å². The van der Waals surface area contributed by atoms with E-state index >= 15 is 0 Å². The molecule has 0 amide bonds. The van der Waals surface area contributed by atoms with Gasteiger partial charge in [0.2, 0.25) is 5.75 Å². The average Bonchev–Trinajstić information content (AvgIpc) is 3.13. The lowest BCUT2D eigenvalue weighted by Crippen LogP contribution is -2.39. The molecule has 10 nitrogen and oxygen atoms in total. The standard InChI is InChI=1S/C25H24N4O6S/c1-5-35-24(32)20-14(2)26-25-28(21(20)15-9-11-17(12-10-15)27(3)4)23(31)19(36-25)13-16-7-6-8-18(22(16)30)29(33)34/h6-13,21,30H,5H2,1-4H3/t21-/m0/s1. The summed E-state index contributed by atoms with van der Waals surface area (Å²) in [6, 6.07) is 10.8. The Hall–Kier alpha value is -4.25. The van der Waals surface area contributed by atoms with E-state index in [1.165, 1.54) is 28.8 Å². The van der Waals surface area contributed by atoms with Gasteiger partial charge in [-0.2, -0.15) is 0 Å². The van der Waals surface area contributed by atoms with Crippen LogP contribution in [0.4, 0.5) is 11.4 Å². The largest absolute Gasteiger partial charge is 0.502 e. The molecular weight excluding hydrogens is 484 g/mol. The second-order valence-corrected chi connectivity index (χ2v) is 9.27. The Labute approximate surface area is 209 Å². The van der Waals surface area contributed by atoms with E-state index in [0.717, 1.165) is 17.0 Å². The lowest BCUT2D eigenvalue weighted by molar-refractivity contribution is -0.385. The van der Waals surface area contributed by atoms with Crippen LogP contribution in [-0.2, 0) is 9.53 Å². The molecule has 4 rings (SSSR count). The summed E-state index contributed by atoms with van der Waals surface area (Å²) in [6.07, 6.45) is 1.39. The zero-order chi connectivity index (χ0) is 26.1. The number of ether oxygens (including phenoxy) is 1. The molecule has 0 saturated heterocycles. The first kappa shape index (κ1) is 24.9. The SMILES string of the molecule is CCOC(=O)C1=C(C)N=c2sc(=Cc3cccc([N+](=O)[O-])c3O)c(=O)n2[C@H]1c1ccc(N(C)C)cc1. The molecule has 0 unspecified atom stereocenters. The molecule has 0 aliphatic carbocycles. The third kappa shape index (κ3) is 4.40. The molecule has 0 radical (unpaired) electrons. The Morgan fingerprint density at radius 1 is 1.28 bits per heavy atom. The first-order valence-corrected chi connectivity index (χ1v) is 11.9. The van der Waals surface area contributed by atoms with Gasteiger partial charge in [-0.1, -0.05) is 35.6 Å². The van der Waals surface area contributed by atoms with Crippen molar-refractivity contribution in [2.45, 2.75) is 19.9 Å². The number of thiazole rings is 1. The van der Waals surface area contributed by atoms with E-state index in [0.29, 0.717) is 16.1 Å². The van der Waals surface area contributed by atoms with Crippen LogP contribution in [0.3, 0.4) is 0 Å². The summed E-state index contributed by atoms with van der Waals surface area (Å²) < 4.78 is 6.92. The summed E-state index contributed by atoms with van der Waals surface area (Å²) in [5, 5.41) is 21.6. The van der Waals surface area contributed by atoms with E-state index in [-0.39, 0.29) is 22.3 Å². The lowest BCUT2D eigenvalue weighted by Gasteiger charge is -2.25. The third-order valence-corrected chi connectivity index (χ3v) is 6.75. The van der Waals surface area contributed by atoms with Crippen LogP contribution >= 0.6 is 11.3 Å². The summed E-state index contributed by atoms with van der Waals surface area (Å²) in [4.78, 5) is 43.9. The Morgan fingerprint density at radius 2 is 1.97 bits per heavy atom. The Bertz CT molecular complexity index is 1570. The summed E-state index contributed by atoms with van der Waals surface area (Å²) in [6.45, 7) is 3.56. The minimum Gasteiger partial charge on any atom is -0.502 e. The van der Waals surface area contributed by atoms with E-state index in [1.807, 2.05) is 43.3 Å². The topological polar surface area (TPSA) is 127 Å². The molecular formula is C25H24N4O6S. The van der Waals surface area contributed by atoms with Gasteiger partial charge in [-0.3, -0.25) is 19.5 Å². The van der Waals surface area contributed by atoms with Crippen LogP contribution in [0.15, 0.2) is 63.5 Å². The molecule has 1 aliphatic rings. The van der Waals surface area contributed by atoms with Crippen molar-refractivity contribution in [3.05, 3.63) is 94.7 Å². The molecule has 0 fully saturated rings. The number of anilines is 1. The van der Waals surface area contributed by atoms with Crippen LogP contribution < -0.4 is 19.8 Å². The van der Waals surface area contributed by atoms with Gasteiger partial charge in [0.1, 0.15) is 0 Å². The number of phenolic OH excluding ortho intramolecular Hbond substituents is 1. The smallest absolute Gasteiger partial charge is 0.338 e. The lowest BCUT2D eigenvalue weighted by atomic mass is 9.95.